The standard InChI is InChI=1S/C15H11FN4O/c16-10-2-4-12(11(17)8-10)20-15(21)9-1-3-13-14(7-9)19-6-5-18-13/h1-8H,17H2,(H,20,21). The van der Waals surface area contributed by atoms with E-state index in [0.29, 0.717) is 22.3 Å². The molecule has 104 valence electrons. The van der Waals surface area contributed by atoms with Gasteiger partial charge in [-0.1, -0.05) is 0 Å². The molecule has 3 N–H and O–H groups in total. The van der Waals surface area contributed by atoms with Crippen LogP contribution in [0.3, 0.4) is 0 Å². The molecule has 6 heteroatoms. The first-order valence-electron chi connectivity index (χ1n) is 6.20. The minimum absolute atomic E-state index is 0.170. The summed E-state index contributed by atoms with van der Waals surface area (Å²) in [6.45, 7) is 0. The van der Waals surface area contributed by atoms with Gasteiger partial charge in [-0.2, -0.15) is 0 Å². The van der Waals surface area contributed by atoms with Crippen LogP contribution in [0, 0.1) is 5.82 Å². The van der Waals surface area contributed by atoms with E-state index >= 15 is 0 Å². The van der Waals surface area contributed by atoms with E-state index in [4.69, 9.17) is 5.73 Å². The van der Waals surface area contributed by atoms with Crippen LogP contribution in [0.15, 0.2) is 48.8 Å². The van der Waals surface area contributed by atoms with Crippen molar-refractivity contribution in [2.75, 3.05) is 11.1 Å². The van der Waals surface area contributed by atoms with Gasteiger partial charge in [-0.15, -0.1) is 0 Å². The van der Waals surface area contributed by atoms with E-state index in [1.54, 1.807) is 30.6 Å². The molecular formula is C15H11FN4O. The van der Waals surface area contributed by atoms with Crippen molar-refractivity contribution in [3.63, 3.8) is 0 Å². The molecule has 1 amide bonds. The molecule has 2 aromatic carbocycles. The van der Waals surface area contributed by atoms with Crippen molar-refractivity contribution in [1.29, 1.82) is 0 Å². The van der Waals surface area contributed by atoms with E-state index in [-0.39, 0.29) is 11.6 Å². The Labute approximate surface area is 119 Å². The fraction of sp³-hybridized carbons (Fsp3) is 0. The largest absolute Gasteiger partial charge is 0.397 e. The maximum absolute atomic E-state index is 13.0. The van der Waals surface area contributed by atoms with Crippen molar-refractivity contribution in [1.82, 2.24) is 9.97 Å². The molecule has 0 fully saturated rings. The van der Waals surface area contributed by atoms with Crippen molar-refractivity contribution in [2.24, 2.45) is 0 Å². The van der Waals surface area contributed by atoms with Crippen molar-refractivity contribution in [3.8, 4) is 0 Å². The number of halogens is 1. The van der Waals surface area contributed by atoms with Crippen LogP contribution in [-0.2, 0) is 0 Å². The Bertz CT molecular complexity index is 835. The molecule has 1 heterocycles. The predicted octanol–water partition coefficient (Wildman–Crippen LogP) is 2.60. The Balaban J connectivity index is 1.89. The topological polar surface area (TPSA) is 80.9 Å². The fourth-order valence-electron chi connectivity index (χ4n) is 1.95. The Morgan fingerprint density at radius 2 is 1.81 bits per heavy atom. The molecule has 0 unspecified atom stereocenters. The molecule has 0 atom stereocenters. The summed E-state index contributed by atoms with van der Waals surface area (Å²) in [5, 5.41) is 2.64. The lowest BCUT2D eigenvalue weighted by atomic mass is 10.1. The third-order valence-electron chi connectivity index (χ3n) is 2.99. The van der Waals surface area contributed by atoms with Gasteiger partial charge in [0.15, 0.2) is 0 Å². The maximum atomic E-state index is 13.0. The summed E-state index contributed by atoms with van der Waals surface area (Å²) in [5.74, 6) is -0.799. The third-order valence-corrected chi connectivity index (χ3v) is 2.99. The molecule has 3 aromatic rings. The summed E-state index contributed by atoms with van der Waals surface area (Å²) in [6.07, 6.45) is 3.14. The number of nitrogens with one attached hydrogen (secondary N) is 1. The number of rotatable bonds is 2. The van der Waals surface area contributed by atoms with Crippen LogP contribution in [0.4, 0.5) is 15.8 Å². The molecule has 0 aliphatic heterocycles. The molecule has 0 aliphatic rings. The maximum Gasteiger partial charge on any atom is 0.255 e. The number of hydrogen-bond acceptors (Lipinski definition) is 4. The number of amides is 1. The minimum Gasteiger partial charge on any atom is -0.397 e. The number of aromatic nitrogens is 2. The van der Waals surface area contributed by atoms with Crippen LogP contribution in [-0.4, -0.2) is 15.9 Å². The Kier molecular flexibility index (Phi) is 3.19. The van der Waals surface area contributed by atoms with E-state index in [1.807, 2.05) is 0 Å². The van der Waals surface area contributed by atoms with Gasteiger partial charge < -0.3 is 11.1 Å². The first-order chi connectivity index (χ1) is 10.1. The number of fused-ring (bicyclic) bond motifs is 1. The molecule has 21 heavy (non-hydrogen) atoms. The van der Waals surface area contributed by atoms with Gasteiger partial charge in [-0.3, -0.25) is 14.8 Å². The molecular weight excluding hydrogens is 271 g/mol. The zero-order valence-electron chi connectivity index (χ0n) is 10.9. The molecule has 5 nitrogen and oxygen atoms in total. The molecule has 0 spiro atoms. The first-order valence-corrected chi connectivity index (χ1v) is 6.20. The van der Waals surface area contributed by atoms with Gasteiger partial charge >= 0.3 is 0 Å². The van der Waals surface area contributed by atoms with Crippen LogP contribution >= 0.6 is 0 Å². The number of carbonyl (C=O) groups excluding carboxylic acids is 1. The number of nitrogen functional groups attached to an aromatic ring is 1. The second-order valence-electron chi connectivity index (χ2n) is 4.45. The van der Waals surface area contributed by atoms with Crippen LogP contribution in [0.1, 0.15) is 10.4 Å². The normalized spacial score (nSPS) is 10.5. The molecule has 0 radical (unpaired) electrons. The van der Waals surface area contributed by atoms with Gasteiger partial charge in [0.1, 0.15) is 5.82 Å². The summed E-state index contributed by atoms with van der Waals surface area (Å²) in [6, 6.07) is 8.80. The molecule has 1 aromatic heterocycles. The zero-order valence-corrected chi connectivity index (χ0v) is 10.9. The van der Waals surface area contributed by atoms with Gasteiger partial charge in [0.05, 0.1) is 22.4 Å². The van der Waals surface area contributed by atoms with Crippen LogP contribution in [0.5, 0.6) is 0 Å². The SMILES string of the molecule is Nc1cc(F)ccc1NC(=O)c1ccc2nccnc2c1. The predicted molar refractivity (Wildman–Crippen MR) is 78.3 cm³/mol. The molecule has 0 saturated carbocycles. The smallest absolute Gasteiger partial charge is 0.255 e. The van der Waals surface area contributed by atoms with Crippen molar-refractivity contribution < 1.29 is 9.18 Å². The summed E-state index contributed by atoms with van der Waals surface area (Å²) < 4.78 is 13.0. The molecule has 3 rings (SSSR count). The second kappa shape index (κ2) is 5.16. The minimum atomic E-state index is -0.452. The Morgan fingerprint density at radius 1 is 1.05 bits per heavy atom. The van der Waals surface area contributed by atoms with Crippen LogP contribution in [0.25, 0.3) is 11.0 Å². The van der Waals surface area contributed by atoms with Gasteiger partial charge in [-0.05, 0) is 36.4 Å². The summed E-state index contributed by atoms with van der Waals surface area (Å²) in [4.78, 5) is 20.5. The number of anilines is 2. The van der Waals surface area contributed by atoms with E-state index in [0.717, 1.165) is 6.07 Å². The third kappa shape index (κ3) is 2.64. The summed E-state index contributed by atoms with van der Waals surface area (Å²) in [7, 11) is 0. The average Bonchev–Trinajstić information content (AvgIpc) is 2.49. The lowest BCUT2D eigenvalue weighted by Gasteiger charge is -2.08. The number of benzene rings is 2. The Morgan fingerprint density at radius 3 is 2.57 bits per heavy atom. The van der Waals surface area contributed by atoms with Gasteiger partial charge in [0, 0.05) is 18.0 Å². The van der Waals surface area contributed by atoms with E-state index in [9.17, 15) is 9.18 Å². The average molecular weight is 282 g/mol. The second-order valence-corrected chi connectivity index (χ2v) is 4.45. The summed E-state index contributed by atoms with van der Waals surface area (Å²) in [5.41, 5.74) is 7.94. The fourth-order valence-corrected chi connectivity index (χ4v) is 1.95. The van der Waals surface area contributed by atoms with E-state index in [2.05, 4.69) is 15.3 Å². The van der Waals surface area contributed by atoms with Gasteiger partial charge in [-0.25, -0.2) is 4.39 Å². The highest BCUT2D eigenvalue weighted by Gasteiger charge is 2.10. The molecule has 0 bridgehead atoms. The lowest BCUT2D eigenvalue weighted by molar-refractivity contribution is 0.102. The molecule has 0 saturated heterocycles. The van der Waals surface area contributed by atoms with Crippen LogP contribution in [0.2, 0.25) is 0 Å². The van der Waals surface area contributed by atoms with Crippen molar-refractivity contribution in [3.05, 3.63) is 60.2 Å². The van der Waals surface area contributed by atoms with Gasteiger partial charge in [0.2, 0.25) is 0 Å². The van der Waals surface area contributed by atoms with Gasteiger partial charge in [0.25, 0.3) is 5.91 Å². The lowest BCUT2D eigenvalue weighted by Crippen LogP contribution is -2.13. The monoisotopic (exact) mass is 282 g/mol. The molecule has 0 aliphatic carbocycles. The first kappa shape index (κ1) is 13.0. The zero-order chi connectivity index (χ0) is 14.8. The highest BCUT2D eigenvalue weighted by molar-refractivity contribution is 6.07. The number of nitrogens with zero attached hydrogens (tertiary/aromatic N) is 2. The van der Waals surface area contributed by atoms with Crippen molar-refractivity contribution in [2.45, 2.75) is 0 Å². The van der Waals surface area contributed by atoms with Crippen molar-refractivity contribution >= 4 is 28.3 Å². The van der Waals surface area contributed by atoms with E-state index < -0.39 is 5.82 Å². The number of hydrogen-bond donors (Lipinski definition) is 2. The summed E-state index contributed by atoms with van der Waals surface area (Å²) >= 11 is 0. The quantitative estimate of drug-likeness (QED) is 0.708. The van der Waals surface area contributed by atoms with Crippen LogP contribution < -0.4 is 11.1 Å². The number of nitrogens with two attached hydrogens (primary N) is 1. The van der Waals surface area contributed by atoms with E-state index in [1.165, 1.54) is 12.1 Å². The highest BCUT2D eigenvalue weighted by atomic mass is 19.1. The Hall–Kier alpha value is -3.02. The number of carbonyl (C=O) groups is 1. The highest BCUT2D eigenvalue weighted by Crippen LogP contribution is 2.20.